The topological polar surface area (TPSA) is 105 Å². The van der Waals surface area contributed by atoms with E-state index in [1.165, 1.54) is 11.3 Å². The van der Waals surface area contributed by atoms with Crippen molar-refractivity contribution < 1.29 is 13.2 Å². The first-order valence-electron chi connectivity index (χ1n) is 5.73. The second-order valence-electron chi connectivity index (χ2n) is 4.68. The van der Waals surface area contributed by atoms with Gasteiger partial charge in [-0.1, -0.05) is 11.3 Å². The number of aromatic nitrogens is 1. The highest BCUT2D eigenvalue weighted by Gasteiger charge is 2.30. The monoisotopic (exact) mass is 304 g/mol. The number of carbonyl (C=O) groups is 1. The summed E-state index contributed by atoms with van der Waals surface area (Å²) in [4.78, 5) is 18.2. The van der Waals surface area contributed by atoms with E-state index in [1.54, 1.807) is 4.90 Å². The van der Waals surface area contributed by atoms with Gasteiger partial charge in [0.25, 0.3) is 5.91 Å². The van der Waals surface area contributed by atoms with Gasteiger partial charge in [0.15, 0.2) is 15.0 Å². The summed E-state index contributed by atoms with van der Waals surface area (Å²) in [5, 5.41) is 3.34. The van der Waals surface area contributed by atoms with Gasteiger partial charge < -0.3 is 16.0 Å². The van der Waals surface area contributed by atoms with Crippen LogP contribution in [0.25, 0.3) is 0 Å². The van der Waals surface area contributed by atoms with Gasteiger partial charge in [0.2, 0.25) is 0 Å². The first-order chi connectivity index (χ1) is 8.78. The van der Waals surface area contributed by atoms with Crippen LogP contribution in [-0.2, 0) is 9.84 Å². The molecule has 1 saturated heterocycles. The molecule has 2 rings (SSSR count). The molecule has 1 aromatic heterocycles. The van der Waals surface area contributed by atoms with Crippen molar-refractivity contribution in [3.8, 4) is 0 Å². The normalized spacial score (nSPS) is 21.3. The molecule has 106 valence electrons. The zero-order chi connectivity index (χ0) is 14.2. The Morgan fingerprint density at radius 1 is 1.53 bits per heavy atom. The summed E-state index contributed by atoms with van der Waals surface area (Å²) in [5.41, 5.74) is 5.70. The van der Waals surface area contributed by atoms with Crippen LogP contribution in [0.5, 0.6) is 0 Å². The molecule has 7 nitrogen and oxygen atoms in total. The van der Waals surface area contributed by atoms with Gasteiger partial charge >= 0.3 is 0 Å². The molecule has 2 heterocycles. The lowest BCUT2D eigenvalue weighted by molar-refractivity contribution is 0.0946. The van der Waals surface area contributed by atoms with E-state index < -0.39 is 9.84 Å². The van der Waals surface area contributed by atoms with E-state index in [2.05, 4.69) is 10.3 Å². The highest BCUT2D eigenvalue weighted by atomic mass is 32.2. The van der Waals surface area contributed by atoms with Gasteiger partial charge in [-0.25, -0.2) is 13.4 Å². The molecular weight excluding hydrogens is 288 g/mol. The zero-order valence-corrected chi connectivity index (χ0v) is 12.3. The lowest BCUT2D eigenvalue weighted by Crippen LogP contribution is -2.35. The Hall–Kier alpha value is -1.35. The van der Waals surface area contributed by atoms with Crippen molar-refractivity contribution in [3.63, 3.8) is 0 Å². The molecule has 0 bridgehead atoms. The Kier molecular flexibility index (Phi) is 3.68. The summed E-state index contributed by atoms with van der Waals surface area (Å²) in [7, 11) is 0.610. The molecule has 19 heavy (non-hydrogen) atoms. The molecule has 1 aromatic rings. The summed E-state index contributed by atoms with van der Waals surface area (Å²) in [6.45, 7) is 0. The van der Waals surface area contributed by atoms with Crippen molar-refractivity contribution in [3.05, 3.63) is 4.88 Å². The number of nitrogens with one attached hydrogen (secondary N) is 1. The highest BCUT2D eigenvalue weighted by Crippen LogP contribution is 2.27. The Labute approximate surface area is 115 Å². The van der Waals surface area contributed by atoms with E-state index in [-0.39, 0.29) is 29.3 Å². The Bertz CT molecular complexity index is 594. The molecule has 3 N–H and O–H groups in total. The average Bonchev–Trinajstić information content (AvgIpc) is 2.82. The Morgan fingerprint density at radius 3 is 2.68 bits per heavy atom. The second kappa shape index (κ2) is 4.97. The number of anilines is 2. The molecule has 1 aliphatic rings. The highest BCUT2D eigenvalue weighted by molar-refractivity contribution is 7.91. The van der Waals surface area contributed by atoms with Crippen LogP contribution in [0.3, 0.4) is 0 Å². The van der Waals surface area contributed by atoms with Crippen molar-refractivity contribution in [2.75, 3.05) is 36.2 Å². The SMILES string of the molecule is CN(C)c1nc(N)c(C(=O)NC2CCS(=O)(=O)C2)s1. The fourth-order valence-corrected chi connectivity index (χ4v) is 4.32. The number of nitrogens with two attached hydrogens (primary N) is 1. The van der Waals surface area contributed by atoms with Crippen molar-refractivity contribution in [2.45, 2.75) is 12.5 Å². The predicted octanol–water partition coefficient (Wildman–Crippen LogP) is -0.292. The Balaban J connectivity index is 2.08. The molecule has 1 atom stereocenters. The van der Waals surface area contributed by atoms with Crippen molar-refractivity contribution in [1.29, 1.82) is 0 Å². The maximum atomic E-state index is 12.0. The molecule has 0 spiro atoms. The minimum atomic E-state index is -3.01. The fraction of sp³-hybridized carbons (Fsp3) is 0.600. The number of sulfone groups is 1. The fourth-order valence-electron chi connectivity index (χ4n) is 1.83. The first kappa shape index (κ1) is 14.1. The van der Waals surface area contributed by atoms with Crippen molar-refractivity contribution in [2.24, 2.45) is 0 Å². The van der Waals surface area contributed by atoms with Crippen LogP contribution >= 0.6 is 11.3 Å². The minimum absolute atomic E-state index is 0.00200. The molecule has 9 heteroatoms. The van der Waals surface area contributed by atoms with Crippen LogP contribution in [-0.4, -0.2) is 51.0 Å². The van der Waals surface area contributed by atoms with E-state index >= 15 is 0 Å². The molecular formula is C10H16N4O3S2. The van der Waals surface area contributed by atoms with Crippen LogP contribution in [0.15, 0.2) is 0 Å². The first-order valence-corrected chi connectivity index (χ1v) is 8.37. The third-order valence-corrected chi connectivity index (χ3v) is 5.80. The van der Waals surface area contributed by atoms with Crippen LogP contribution in [0.2, 0.25) is 0 Å². The van der Waals surface area contributed by atoms with Gasteiger partial charge in [-0.05, 0) is 6.42 Å². The van der Waals surface area contributed by atoms with E-state index in [0.717, 1.165) is 0 Å². The maximum absolute atomic E-state index is 12.0. The van der Waals surface area contributed by atoms with Gasteiger partial charge in [-0.15, -0.1) is 0 Å². The molecule has 1 amide bonds. The second-order valence-corrected chi connectivity index (χ2v) is 7.88. The summed E-state index contributed by atoms with van der Waals surface area (Å²) in [6.07, 6.45) is 0.452. The number of amides is 1. The standard InChI is InChI=1S/C10H16N4O3S2/c1-14(2)10-13-8(11)7(18-10)9(15)12-6-3-4-19(16,17)5-6/h6H,3-5,11H2,1-2H3,(H,12,15). The van der Waals surface area contributed by atoms with Crippen LogP contribution in [0.1, 0.15) is 16.1 Å². The molecule has 1 aliphatic heterocycles. The smallest absolute Gasteiger partial charge is 0.265 e. The maximum Gasteiger partial charge on any atom is 0.265 e. The average molecular weight is 304 g/mol. The number of rotatable bonds is 3. The number of hydrogen-bond donors (Lipinski definition) is 2. The van der Waals surface area contributed by atoms with Gasteiger partial charge in [0.05, 0.1) is 11.5 Å². The quantitative estimate of drug-likeness (QED) is 0.795. The van der Waals surface area contributed by atoms with Gasteiger partial charge in [0, 0.05) is 20.1 Å². The van der Waals surface area contributed by atoms with Gasteiger partial charge in [-0.3, -0.25) is 4.79 Å². The predicted molar refractivity (Wildman–Crippen MR) is 75.4 cm³/mol. The Morgan fingerprint density at radius 2 is 2.21 bits per heavy atom. The zero-order valence-electron chi connectivity index (χ0n) is 10.7. The van der Waals surface area contributed by atoms with Gasteiger partial charge in [0.1, 0.15) is 10.7 Å². The van der Waals surface area contributed by atoms with E-state index in [4.69, 9.17) is 5.73 Å². The van der Waals surface area contributed by atoms with Crippen LogP contribution in [0, 0.1) is 0 Å². The third kappa shape index (κ3) is 3.16. The molecule has 0 radical (unpaired) electrons. The summed E-state index contributed by atoms with van der Waals surface area (Å²) >= 11 is 1.19. The summed E-state index contributed by atoms with van der Waals surface area (Å²) in [6, 6.07) is -0.332. The molecule has 0 aromatic carbocycles. The minimum Gasteiger partial charge on any atom is -0.382 e. The molecule has 1 fully saturated rings. The van der Waals surface area contributed by atoms with E-state index in [9.17, 15) is 13.2 Å². The van der Waals surface area contributed by atoms with E-state index in [0.29, 0.717) is 16.4 Å². The molecule has 1 unspecified atom stereocenters. The van der Waals surface area contributed by atoms with Crippen LogP contribution in [0.4, 0.5) is 10.9 Å². The van der Waals surface area contributed by atoms with Crippen molar-refractivity contribution in [1.82, 2.24) is 10.3 Å². The lowest BCUT2D eigenvalue weighted by Gasteiger charge is -2.09. The third-order valence-electron chi connectivity index (χ3n) is 2.80. The van der Waals surface area contributed by atoms with Gasteiger partial charge in [-0.2, -0.15) is 0 Å². The van der Waals surface area contributed by atoms with E-state index in [1.807, 2.05) is 14.1 Å². The summed E-state index contributed by atoms with van der Waals surface area (Å²) in [5.74, 6) is -0.0610. The largest absolute Gasteiger partial charge is 0.382 e. The lowest BCUT2D eigenvalue weighted by atomic mass is 10.2. The molecule has 0 saturated carbocycles. The molecule has 0 aliphatic carbocycles. The van der Waals surface area contributed by atoms with Crippen LogP contribution < -0.4 is 16.0 Å². The number of hydrogen-bond acceptors (Lipinski definition) is 7. The number of carbonyl (C=O) groups excluding carboxylic acids is 1. The summed E-state index contributed by atoms with van der Waals surface area (Å²) < 4.78 is 22.7. The van der Waals surface area contributed by atoms with Crippen molar-refractivity contribution >= 4 is 38.0 Å². The number of nitrogens with zero attached hydrogens (tertiary/aromatic N) is 2. The number of nitrogen functional groups attached to an aromatic ring is 1. The number of thiazole rings is 1.